The molecule has 0 aromatic heterocycles. The average Bonchev–Trinajstić information content (AvgIpc) is 3.10. The zero-order valence-electron chi connectivity index (χ0n) is 15.9. The van der Waals surface area contributed by atoms with E-state index >= 15 is 0 Å². The molecule has 2 amide bonds. The second-order valence-electron chi connectivity index (χ2n) is 6.61. The molecule has 29 heavy (non-hydrogen) atoms. The highest BCUT2D eigenvalue weighted by Crippen LogP contribution is 2.33. The highest BCUT2D eigenvalue weighted by atomic mass is 19.4. The van der Waals surface area contributed by atoms with Crippen LogP contribution in [-0.4, -0.2) is 36.5 Å². The smallest absolute Gasteiger partial charge is 0.416 e. The normalized spacial score (nSPS) is 14.2. The van der Waals surface area contributed by atoms with Crippen molar-refractivity contribution in [2.45, 2.75) is 25.9 Å². The van der Waals surface area contributed by atoms with Gasteiger partial charge in [-0.3, -0.25) is 14.5 Å². The van der Waals surface area contributed by atoms with Gasteiger partial charge < -0.3 is 9.64 Å². The van der Waals surface area contributed by atoms with E-state index in [0.29, 0.717) is 31.7 Å². The number of para-hydroxylation sites is 1. The number of carbonyl (C=O) groups is 2. The van der Waals surface area contributed by atoms with Crippen molar-refractivity contribution >= 4 is 17.5 Å². The summed E-state index contributed by atoms with van der Waals surface area (Å²) in [5.74, 6) is -0.328. The highest BCUT2D eigenvalue weighted by Gasteiger charge is 2.33. The van der Waals surface area contributed by atoms with E-state index in [2.05, 4.69) is 0 Å². The minimum Gasteiger partial charge on any atom is -0.493 e. The summed E-state index contributed by atoms with van der Waals surface area (Å²) in [6.07, 6.45) is -3.53. The Morgan fingerprint density at radius 1 is 1.17 bits per heavy atom. The van der Waals surface area contributed by atoms with Crippen LogP contribution in [0.3, 0.4) is 0 Å². The molecule has 1 aliphatic rings. The molecule has 0 atom stereocenters. The van der Waals surface area contributed by atoms with Crippen LogP contribution < -0.4 is 9.64 Å². The summed E-state index contributed by atoms with van der Waals surface area (Å²) in [7, 11) is 0. The molecule has 2 aromatic carbocycles. The van der Waals surface area contributed by atoms with E-state index in [9.17, 15) is 22.8 Å². The number of hydrogen-bond acceptors (Lipinski definition) is 3. The largest absolute Gasteiger partial charge is 0.493 e. The van der Waals surface area contributed by atoms with Crippen LogP contribution in [0.25, 0.3) is 0 Å². The average molecular weight is 406 g/mol. The Hall–Kier alpha value is -3.03. The maximum Gasteiger partial charge on any atom is 0.416 e. The van der Waals surface area contributed by atoms with Crippen molar-refractivity contribution in [2.24, 2.45) is 0 Å². The lowest BCUT2D eigenvalue weighted by Gasteiger charge is -2.29. The van der Waals surface area contributed by atoms with Gasteiger partial charge >= 0.3 is 6.18 Å². The molecule has 2 aromatic rings. The number of hydrogen-bond donors (Lipinski definition) is 0. The lowest BCUT2D eigenvalue weighted by atomic mass is 10.1. The molecule has 0 N–H and O–H groups in total. The van der Waals surface area contributed by atoms with Crippen LogP contribution in [0.2, 0.25) is 0 Å². The first-order chi connectivity index (χ1) is 13.8. The van der Waals surface area contributed by atoms with E-state index in [4.69, 9.17) is 4.74 Å². The predicted octanol–water partition coefficient (Wildman–Crippen LogP) is 4.33. The second-order valence-corrected chi connectivity index (χ2v) is 6.61. The molecule has 1 fully saturated rings. The van der Waals surface area contributed by atoms with Gasteiger partial charge in [-0.25, -0.2) is 0 Å². The summed E-state index contributed by atoms with van der Waals surface area (Å²) in [6, 6.07) is 11.1. The maximum atomic E-state index is 13.3. The first-order valence-electron chi connectivity index (χ1n) is 9.30. The Labute approximate surface area is 166 Å². The molecule has 154 valence electrons. The maximum absolute atomic E-state index is 13.3. The van der Waals surface area contributed by atoms with Crippen molar-refractivity contribution in [1.82, 2.24) is 4.90 Å². The molecule has 0 saturated carbocycles. The number of rotatable bonds is 6. The van der Waals surface area contributed by atoms with E-state index in [1.54, 1.807) is 31.2 Å². The van der Waals surface area contributed by atoms with Gasteiger partial charge in [0.05, 0.1) is 17.7 Å². The van der Waals surface area contributed by atoms with Crippen LogP contribution >= 0.6 is 0 Å². The number of benzene rings is 2. The number of ether oxygens (including phenoxy) is 1. The van der Waals surface area contributed by atoms with Crippen molar-refractivity contribution in [3.05, 3.63) is 59.7 Å². The first kappa shape index (κ1) is 20.7. The Morgan fingerprint density at radius 3 is 2.59 bits per heavy atom. The Balaban J connectivity index is 2.02. The Morgan fingerprint density at radius 2 is 1.93 bits per heavy atom. The van der Waals surface area contributed by atoms with Crippen LogP contribution in [0.4, 0.5) is 18.9 Å². The van der Waals surface area contributed by atoms with E-state index in [1.807, 2.05) is 0 Å². The van der Waals surface area contributed by atoms with Gasteiger partial charge in [0, 0.05) is 18.7 Å². The lowest BCUT2D eigenvalue weighted by molar-refractivity contribution is -0.137. The van der Waals surface area contributed by atoms with Crippen LogP contribution in [-0.2, 0) is 11.0 Å². The standard InChI is InChI=1S/C21H21F3N2O3/c1-2-29-18-10-4-3-9-17(18)20(28)26(14-25-12-6-11-19(25)27)16-8-5-7-15(13-16)21(22,23)24/h3-5,7-10,13H,2,6,11-12,14H2,1H3. The van der Waals surface area contributed by atoms with Crippen LogP contribution in [0.5, 0.6) is 5.75 Å². The third kappa shape index (κ3) is 4.70. The quantitative estimate of drug-likeness (QED) is 0.718. The zero-order valence-corrected chi connectivity index (χ0v) is 15.9. The van der Waals surface area contributed by atoms with Gasteiger partial charge in [-0.05, 0) is 43.7 Å². The second kappa shape index (κ2) is 8.55. The number of carbonyl (C=O) groups excluding carboxylic acids is 2. The van der Waals surface area contributed by atoms with Crippen molar-refractivity contribution in [2.75, 3.05) is 24.7 Å². The number of alkyl halides is 3. The molecule has 0 aliphatic carbocycles. The Kier molecular flexibility index (Phi) is 6.10. The fourth-order valence-electron chi connectivity index (χ4n) is 3.21. The summed E-state index contributed by atoms with van der Waals surface area (Å²) in [5.41, 5.74) is -0.576. The molecule has 8 heteroatoms. The van der Waals surface area contributed by atoms with E-state index < -0.39 is 17.6 Å². The van der Waals surface area contributed by atoms with Crippen molar-refractivity contribution < 1.29 is 27.5 Å². The molecule has 1 aliphatic heterocycles. The Bertz CT molecular complexity index is 899. The SMILES string of the molecule is CCOc1ccccc1C(=O)N(CN1CCCC1=O)c1cccc(C(F)(F)F)c1. The number of anilines is 1. The fourth-order valence-corrected chi connectivity index (χ4v) is 3.21. The molecule has 0 bridgehead atoms. The summed E-state index contributed by atoms with van der Waals surface area (Å²) in [4.78, 5) is 28.1. The molecule has 0 spiro atoms. The minimum atomic E-state index is -4.54. The molecule has 0 unspecified atom stereocenters. The summed E-state index contributed by atoms with van der Waals surface area (Å²) in [5, 5.41) is 0. The van der Waals surface area contributed by atoms with Gasteiger partial charge in [-0.2, -0.15) is 13.2 Å². The fraction of sp³-hybridized carbons (Fsp3) is 0.333. The van der Waals surface area contributed by atoms with Crippen LogP contribution in [0.1, 0.15) is 35.7 Å². The predicted molar refractivity (Wildman–Crippen MR) is 102 cm³/mol. The molecule has 0 radical (unpaired) electrons. The van der Waals surface area contributed by atoms with Gasteiger partial charge in [-0.1, -0.05) is 18.2 Å². The molecule has 5 nitrogen and oxygen atoms in total. The van der Waals surface area contributed by atoms with Gasteiger partial charge in [0.15, 0.2) is 0 Å². The van der Waals surface area contributed by atoms with Crippen LogP contribution in [0.15, 0.2) is 48.5 Å². The molecule has 1 saturated heterocycles. The van der Waals surface area contributed by atoms with E-state index in [-0.39, 0.29) is 23.8 Å². The van der Waals surface area contributed by atoms with Gasteiger partial charge in [0.1, 0.15) is 12.4 Å². The third-order valence-electron chi connectivity index (χ3n) is 4.63. The number of likely N-dealkylation sites (tertiary alicyclic amines) is 1. The van der Waals surface area contributed by atoms with Gasteiger partial charge in [-0.15, -0.1) is 0 Å². The number of amides is 2. The van der Waals surface area contributed by atoms with Gasteiger partial charge in [0.2, 0.25) is 5.91 Å². The molecule has 3 rings (SSSR count). The van der Waals surface area contributed by atoms with E-state index in [0.717, 1.165) is 12.1 Å². The van der Waals surface area contributed by atoms with Crippen molar-refractivity contribution in [3.63, 3.8) is 0 Å². The van der Waals surface area contributed by atoms with E-state index in [1.165, 1.54) is 21.9 Å². The molecule has 1 heterocycles. The van der Waals surface area contributed by atoms with Gasteiger partial charge in [0.25, 0.3) is 5.91 Å². The molecular weight excluding hydrogens is 385 g/mol. The minimum absolute atomic E-state index is 0.0656. The van der Waals surface area contributed by atoms with Crippen LogP contribution in [0, 0.1) is 0 Å². The first-order valence-corrected chi connectivity index (χ1v) is 9.30. The summed E-state index contributed by atoms with van der Waals surface area (Å²) in [6.45, 7) is 2.43. The molecular formula is C21H21F3N2O3. The topological polar surface area (TPSA) is 49.9 Å². The summed E-state index contributed by atoms with van der Waals surface area (Å²) >= 11 is 0. The van der Waals surface area contributed by atoms with Crippen molar-refractivity contribution in [1.29, 1.82) is 0 Å². The number of nitrogens with zero attached hydrogens (tertiary/aromatic N) is 2. The lowest BCUT2D eigenvalue weighted by Crippen LogP contribution is -2.42. The monoisotopic (exact) mass is 406 g/mol. The summed E-state index contributed by atoms with van der Waals surface area (Å²) < 4.78 is 45.1. The highest BCUT2D eigenvalue weighted by molar-refractivity contribution is 6.08. The zero-order chi connectivity index (χ0) is 21.0. The number of halogens is 3. The van der Waals surface area contributed by atoms with Crippen molar-refractivity contribution in [3.8, 4) is 5.75 Å². The third-order valence-corrected chi connectivity index (χ3v) is 4.63.